The van der Waals surface area contributed by atoms with E-state index in [1.807, 2.05) is 14.1 Å². The Labute approximate surface area is 156 Å². The van der Waals surface area contributed by atoms with Crippen LogP contribution in [0.5, 0.6) is 0 Å². The van der Waals surface area contributed by atoms with E-state index in [0.717, 1.165) is 12.0 Å². The molecule has 1 atom stereocenters. The zero-order valence-electron chi connectivity index (χ0n) is 14.4. The number of carbonyl (C=O) groups is 2. The van der Waals surface area contributed by atoms with Crippen LogP contribution in [0.1, 0.15) is 24.1 Å². The second-order valence-electron chi connectivity index (χ2n) is 5.36. The number of carbonyl (C=O) groups excluding carboxylic acids is 2. The molecule has 0 aliphatic carbocycles. The van der Waals surface area contributed by atoms with Crippen LogP contribution < -0.4 is 16.4 Å². The Bertz CT molecular complexity index is 495. The minimum Gasteiger partial charge on any atom is -0.353 e. The smallest absolute Gasteiger partial charge is 0.239 e. The highest BCUT2D eigenvalue weighted by atomic mass is 35.5. The third kappa shape index (κ3) is 8.49. The molecule has 1 unspecified atom stereocenters. The van der Waals surface area contributed by atoms with Gasteiger partial charge in [0.2, 0.25) is 11.8 Å². The van der Waals surface area contributed by atoms with Gasteiger partial charge in [0.15, 0.2) is 0 Å². The average molecular weight is 379 g/mol. The lowest BCUT2D eigenvalue weighted by molar-refractivity contribution is -0.125. The lowest BCUT2D eigenvalue weighted by Gasteiger charge is -2.25. The highest BCUT2D eigenvalue weighted by molar-refractivity contribution is 5.86. The quantitative estimate of drug-likeness (QED) is 0.626. The minimum absolute atomic E-state index is 0. The number of aryl methyl sites for hydroxylation is 1. The van der Waals surface area contributed by atoms with Crippen LogP contribution in [-0.2, 0) is 16.0 Å². The lowest BCUT2D eigenvalue weighted by Crippen LogP contribution is -2.42. The van der Waals surface area contributed by atoms with E-state index in [9.17, 15) is 9.59 Å². The zero-order valence-corrected chi connectivity index (χ0v) is 16.0. The highest BCUT2D eigenvalue weighted by Crippen LogP contribution is 2.18. The normalized spacial score (nSPS) is 11.0. The maximum absolute atomic E-state index is 11.7. The third-order valence-electron chi connectivity index (χ3n) is 3.52. The van der Waals surface area contributed by atoms with E-state index in [-0.39, 0.29) is 55.8 Å². The first-order chi connectivity index (χ1) is 10.5. The molecular formula is C16H28Cl2N4O2. The molecule has 4 N–H and O–H groups in total. The summed E-state index contributed by atoms with van der Waals surface area (Å²) in [5.41, 5.74) is 7.60. The summed E-state index contributed by atoms with van der Waals surface area (Å²) in [6.45, 7) is 2.44. The van der Waals surface area contributed by atoms with Gasteiger partial charge in [0.25, 0.3) is 0 Å². The third-order valence-corrected chi connectivity index (χ3v) is 3.52. The van der Waals surface area contributed by atoms with Crippen LogP contribution in [0.4, 0.5) is 0 Å². The molecule has 1 rings (SSSR count). The van der Waals surface area contributed by atoms with Crippen LogP contribution in [0.25, 0.3) is 0 Å². The summed E-state index contributed by atoms with van der Waals surface area (Å²) in [7, 11) is 3.95. The monoisotopic (exact) mass is 378 g/mol. The Kier molecular flexibility index (Phi) is 13.5. The van der Waals surface area contributed by atoms with Gasteiger partial charge < -0.3 is 21.3 Å². The topological polar surface area (TPSA) is 87.5 Å². The number of likely N-dealkylation sites (N-methyl/N-ethyl adjacent to an activating group) is 1. The van der Waals surface area contributed by atoms with Gasteiger partial charge in [0.05, 0.1) is 19.1 Å². The molecule has 8 heteroatoms. The first-order valence-electron chi connectivity index (χ1n) is 7.46. The Morgan fingerprint density at radius 2 is 1.67 bits per heavy atom. The Morgan fingerprint density at radius 3 is 2.12 bits per heavy atom. The summed E-state index contributed by atoms with van der Waals surface area (Å²) < 4.78 is 0. The Balaban J connectivity index is 0. The lowest BCUT2D eigenvalue weighted by atomic mass is 10.0. The number of nitrogens with two attached hydrogens (primary N) is 1. The van der Waals surface area contributed by atoms with Crippen molar-refractivity contribution in [3.63, 3.8) is 0 Å². The van der Waals surface area contributed by atoms with Crippen molar-refractivity contribution in [3.8, 4) is 0 Å². The maximum Gasteiger partial charge on any atom is 0.239 e. The molecule has 24 heavy (non-hydrogen) atoms. The van der Waals surface area contributed by atoms with Gasteiger partial charge in [-0.05, 0) is 31.6 Å². The summed E-state index contributed by atoms with van der Waals surface area (Å²) in [6.07, 6.45) is 1.00. The van der Waals surface area contributed by atoms with E-state index in [1.54, 1.807) is 0 Å². The van der Waals surface area contributed by atoms with E-state index in [4.69, 9.17) is 5.73 Å². The van der Waals surface area contributed by atoms with Crippen molar-refractivity contribution in [1.82, 2.24) is 15.5 Å². The first kappa shape index (κ1) is 24.9. The molecule has 0 fully saturated rings. The van der Waals surface area contributed by atoms with Crippen molar-refractivity contribution in [1.29, 1.82) is 0 Å². The van der Waals surface area contributed by atoms with Gasteiger partial charge in [-0.15, -0.1) is 24.8 Å². The van der Waals surface area contributed by atoms with Crippen LogP contribution in [0.15, 0.2) is 24.3 Å². The SMILES string of the molecule is CCc1ccc(C(CNC(=O)CNC(=O)CN)N(C)C)cc1.Cl.Cl. The number of halogens is 2. The molecule has 138 valence electrons. The molecule has 1 aromatic rings. The summed E-state index contributed by atoms with van der Waals surface area (Å²) in [4.78, 5) is 24.8. The van der Waals surface area contributed by atoms with Gasteiger partial charge in [-0.1, -0.05) is 31.2 Å². The number of nitrogens with zero attached hydrogens (tertiary/aromatic N) is 1. The standard InChI is InChI=1S/C16H26N4O2.2ClH/c1-4-12-5-7-13(8-6-12)14(20(2)3)10-18-16(22)11-19-15(21)9-17;;/h5-8,14H,4,9-11,17H2,1-3H3,(H,18,22)(H,19,21);2*1H. The summed E-state index contributed by atoms with van der Waals surface area (Å²) in [5.74, 6) is -0.562. The fourth-order valence-electron chi connectivity index (χ4n) is 2.10. The molecular weight excluding hydrogens is 351 g/mol. The molecule has 0 aliphatic rings. The molecule has 2 amide bonds. The van der Waals surface area contributed by atoms with Crippen molar-refractivity contribution in [2.45, 2.75) is 19.4 Å². The zero-order chi connectivity index (χ0) is 16.5. The second kappa shape index (κ2) is 13.0. The Hall–Kier alpha value is -1.34. The number of hydrogen-bond donors (Lipinski definition) is 3. The highest BCUT2D eigenvalue weighted by Gasteiger charge is 2.15. The van der Waals surface area contributed by atoms with Gasteiger partial charge in [-0.25, -0.2) is 0 Å². The van der Waals surface area contributed by atoms with Crippen LogP contribution in [0.3, 0.4) is 0 Å². The van der Waals surface area contributed by atoms with E-state index in [1.165, 1.54) is 5.56 Å². The number of benzene rings is 1. The van der Waals surface area contributed by atoms with Crippen LogP contribution in [0, 0.1) is 0 Å². The summed E-state index contributed by atoms with van der Waals surface area (Å²) in [6, 6.07) is 8.47. The van der Waals surface area contributed by atoms with E-state index in [2.05, 4.69) is 46.7 Å². The van der Waals surface area contributed by atoms with Gasteiger partial charge in [-0.3, -0.25) is 9.59 Å². The largest absolute Gasteiger partial charge is 0.353 e. The molecule has 0 aromatic heterocycles. The number of amides is 2. The van der Waals surface area contributed by atoms with Crippen molar-refractivity contribution in [2.24, 2.45) is 5.73 Å². The van der Waals surface area contributed by atoms with Gasteiger partial charge in [-0.2, -0.15) is 0 Å². The van der Waals surface area contributed by atoms with E-state index >= 15 is 0 Å². The molecule has 0 aliphatic heterocycles. The molecule has 0 heterocycles. The van der Waals surface area contributed by atoms with Gasteiger partial charge in [0.1, 0.15) is 0 Å². The molecule has 0 saturated heterocycles. The van der Waals surface area contributed by atoms with E-state index < -0.39 is 0 Å². The van der Waals surface area contributed by atoms with E-state index in [0.29, 0.717) is 6.54 Å². The first-order valence-corrected chi connectivity index (χ1v) is 7.46. The van der Waals surface area contributed by atoms with Crippen molar-refractivity contribution in [2.75, 3.05) is 33.7 Å². The van der Waals surface area contributed by atoms with Crippen LogP contribution in [0.2, 0.25) is 0 Å². The number of nitrogens with one attached hydrogen (secondary N) is 2. The maximum atomic E-state index is 11.7. The summed E-state index contributed by atoms with van der Waals surface area (Å²) >= 11 is 0. The predicted octanol–water partition coefficient (Wildman–Crippen LogP) is 0.886. The van der Waals surface area contributed by atoms with Gasteiger partial charge in [0, 0.05) is 6.54 Å². The fraction of sp³-hybridized carbons (Fsp3) is 0.500. The number of hydrogen-bond acceptors (Lipinski definition) is 4. The average Bonchev–Trinajstić information content (AvgIpc) is 2.53. The van der Waals surface area contributed by atoms with Crippen molar-refractivity contribution < 1.29 is 9.59 Å². The predicted molar refractivity (Wildman–Crippen MR) is 102 cm³/mol. The van der Waals surface area contributed by atoms with Crippen molar-refractivity contribution in [3.05, 3.63) is 35.4 Å². The molecule has 1 aromatic carbocycles. The van der Waals surface area contributed by atoms with Crippen molar-refractivity contribution >= 4 is 36.6 Å². The molecule has 0 bridgehead atoms. The van der Waals surface area contributed by atoms with Gasteiger partial charge >= 0.3 is 0 Å². The fourth-order valence-corrected chi connectivity index (χ4v) is 2.10. The molecule has 0 radical (unpaired) electrons. The number of rotatable bonds is 8. The second-order valence-corrected chi connectivity index (χ2v) is 5.36. The summed E-state index contributed by atoms with van der Waals surface area (Å²) in [5, 5.41) is 5.28. The molecule has 6 nitrogen and oxygen atoms in total. The van der Waals surface area contributed by atoms with Crippen LogP contribution >= 0.6 is 24.8 Å². The molecule has 0 spiro atoms. The molecule has 0 saturated carbocycles. The van der Waals surface area contributed by atoms with Crippen LogP contribution in [-0.4, -0.2) is 50.4 Å². The Morgan fingerprint density at radius 1 is 1.08 bits per heavy atom. The minimum atomic E-state index is -0.338.